The van der Waals surface area contributed by atoms with Crippen molar-refractivity contribution in [2.75, 3.05) is 19.6 Å². The van der Waals surface area contributed by atoms with E-state index in [4.69, 9.17) is 9.47 Å². The molecule has 2 N–H and O–H groups in total. The molecule has 0 unspecified atom stereocenters. The Morgan fingerprint density at radius 3 is 2.68 bits per heavy atom. The Morgan fingerprint density at radius 1 is 1.04 bits per heavy atom. The fourth-order valence-corrected chi connectivity index (χ4v) is 3.04. The van der Waals surface area contributed by atoms with Gasteiger partial charge in [0.15, 0.2) is 0 Å². The van der Waals surface area contributed by atoms with Crippen molar-refractivity contribution in [1.29, 1.82) is 0 Å². The average Bonchev–Trinajstić information content (AvgIpc) is 2.73. The van der Waals surface area contributed by atoms with Gasteiger partial charge in [-0.25, -0.2) is 10.4 Å². The van der Waals surface area contributed by atoms with Gasteiger partial charge in [-0.15, -0.1) is 0 Å². The zero-order valence-corrected chi connectivity index (χ0v) is 15.4. The predicted molar refractivity (Wildman–Crippen MR) is 111 cm³/mol. The molecule has 3 aromatic carbocycles. The van der Waals surface area contributed by atoms with Crippen molar-refractivity contribution in [3.63, 3.8) is 0 Å². The summed E-state index contributed by atoms with van der Waals surface area (Å²) in [5, 5.41) is 6.74. The molecule has 0 saturated heterocycles. The Labute approximate surface area is 160 Å². The van der Waals surface area contributed by atoms with Gasteiger partial charge in [-0.3, -0.25) is 9.78 Å². The van der Waals surface area contributed by atoms with E-state index in [9.17, 15) is 4.79 Å². The number of methoxy groups -OCH3 is 2. The molecule has 0 aliphatic carbocycles. The highest BCUT2D eigenvalue weighted by molar-refractivity contribution is 6.03. The molecule has 0 spiro atoms. The van der Waals surface area contributed by atoms with Crippen LogP contribution in [0.3, 0.4) is 0 Å². The third kappa shape index (κ3) is 3.25. The highest BCUT2D eigenvalue weighted by Gasteiger charge is 2.08. The summed E-state index contributed by atoms with van der Waals surface area (Å²) in [4.78, 5) is 19.2. The molecule has 4 aromatic rings. The van der Waals surface area contributed by atoms with Crippen molar-refractivity contribution < 1.29 is 9.47 Å². The number of fused-ring (bicyclic) bond motifs is 2. The van der Waals surface area contributed by atoms with Crippen LogP contribution in [0.15, 0.2) is 64.5 Å². The van der Waals surface area contributed by atoms with Gasteiger partial charge < -0.3 is 9.47 Å². The molecular weight excluding hydrogens is 356 g/mol. The Kier molecular flexibility index (Phi) is 4.63. The van der Waals surface area contributed by atoms with Crippen LogP contribution in [0, 0.1) is 0 Å². The molecule has 0 bridgehead atoms. The number of para-hydroxylation sites is 1. The lowest BCUT2D eigenvalue weighted by atomic mass is 10.0. The van der Waals surface area contributed by atoms with Crippen LogP contribution in [0.5, 0.6) is 11.5 Å². The number of rotatable bonds is 5. The van der Waals surface area contributed by atoms with Crippen LogP contribution in [0.4, 0.5) is 5.95 Å². The molecule has 0 radical (unpaired) electrons. The number of nitrogens with zero attached hydrogens (tertiary/aromatic N) is 2. The number of anilines is 1. The average molecular weight is 374 g/mol. The summed E-state index contributed by atoms with van der Waals surface area (Å²) in [6.07, 6.45) is 1.63. The molecule has 1 heterocycles. The monoisotopic (exact) mass is 374 g/mol. The molecule has 28 heavy (non-hydrogen) atoms. The summed E-state index contributed by atoms with van der Waals surface area (Å²) >= 11 is 0. The number of aromatic nitrogens is 2. The second-order valence-electron chi connectivity index (χ2n) is 6.07. The quantitative estimate of drug-likeness (QED) is 0.412. The highest BCUT2D eigenvalue weighted by Crippen LogP contribution is 2.29. The van der Waals surface area contributed by atoms with Gasteiger partial charge in [-0.05, 0) is 41.1 Å². The lowest BCUT2D eigenvalue weighted by Gasteiger charge is -2.10. The Bertz CT molecular complexity index is 1240. The number of nitrogens with one attached hydrogen (secondary N) is 2. The minimum Gasteiger partial charge on any atom is -0.497 e. The smallest absolute Gasteiger partial charge is 0.260 e. The van der Waals surface area contributed by atoms with Gasteiger partial charge in [0.05, 0.1) is 31.3 Å². The minimum atomic E-state index is -0.226. The fraction of sp³-hybridized carbons (Fsp3) is 0.0952. The lowest BCUT2D eigenvalue weighted by molar-refractivity contribution is 0.413. The Balaban J connectivity index is 1.71. The number of H-pyrrole nitrogens is 1. The van der Waals surface area contributed by atoms with Crippen molar-refractivity contribution in [3.8, 4) is 11.5 Å². The summed E-state index contributed by atoms with van der Waals surface area (Å²) in [5.74, 6) is 1.67. The van der Waals surface area contributed by atoms with Gasteiger partial charge in [0.25, 0.3) is 5.56 Å². The number of hydrogen-bond acceptors (Lipinski definition) is 6. The molecule has 0 amide bonds. The van der Waals surface area contributed by atoms with E-state index in [2.05, 4.69) is 20.5 Å². The Hall–Kier alpha value is -3.87. The summed E-state index contributed by atoms with van der Waals surface area (Å²) in [7, 11) is 3.23. The molecule has 0 fully saturated rings. The van der Waals surface area contributed by atoms with Crippen molar-refractivity contribution in [3.05, 3.63) is 70.5 Å². The van der Waals surface area contributed by atoms with Crippen LogP contribution in [-0.4, -0.2) is 30.4 Å². The first kappa shape index (κ1) is 17.5. The first-order chi connectivity index (χ1) is 13.7. The summed E-state index contributed by atoms with van der Waals surface area (Å²) < 4.78 is 10.8. The van der Waals surface area contributed by atoms with Crippen LogP contribution < -0.4 is 20.5 Å². The maximum atomic E-state index is 12.2. The maximum Gasteiger partial charge on any atom is 0.260 e. The summed E-state index contributed by atoms with van der Waals surface area (Å²) in [5.41, 5.74) is 3.94. The van der Waals surface area contributed by atoms with E-state index in [0.717, 1.165) is 22.1 Å². The van der Waals surface area contributed by atoms with Gasteiger partial charge in [0, 0.05) is 5.56 Å². The first-order valence-electron chi connectivity index (χ1n) is 8.62. The van der Waals surface area contributed by atoms with E-state index in [0.29, 0.717) is 16.7 Å². The zero-order chi connectivity index (χ0) is 19.5. The Morgan fingerprint density at radius 2 is 1.86 bits per heavy atom. The SMILES string of the molecule is COc1ccc2ccc(OC)c(/C=N/Nc3nc4ccccc4c(=O)[nH]3)c2c1. The molecule has 0 aliphatic rings. The molecule has 140 valence electrons. The molecular formula is C21H18N4O3. The number of ether oxygens (including phenoxy) is 2. The first-order valence-corrected chi connectivity index (χ1v) is 8.62. The topological polar surface area (TPSA) is 88.6 Å². The number of benzene rings is 3. The normalized spacial score (nSPS) is 11.2. The van der Waals surface area contributed by atoms with E-state index in [1.807, 2.05) is 36.4 Å². The summed E-state index contributed by atoms with van der Waals surface area (Å²) in [6, 6.07) is 16.8. The van der Waals surface area contributed by atoms with Gasteiger partial charge in [0.2, 0.25) is 5.95 Å². The highest BCUT2D eigenvalue weighted by atomic mass is 16.5. The number of hydrazone groups is 1. The van der Waals surface area contributed by atoms with E-state index in [1.54, 1.807) is 38.6 Å². The maximum absolute atomic E-state index is 12.2. The molecule has 4 rings (SSSR count). The van der Waals surface area contributed by atoms with Crippen molar-refractivity contribution >= 4 is 33.8 Å². The summed E-state index contributed by atoms with van der Waals surface area (Å²) in [6.45, 7) is 0. The van der Waals surface area contributed by atoms with Crippen LogP contribution in [0.25, 0.3) is 21.7 Å². The molecule has 0 saturated carbocycles. The van der Waals surface area contributed by atoms with Gasteiger partial charge in [-0.1, -0.05) is 24.3 Å². The molecule has 7 nitrogen and oxygen atoms in total. The molecule has 0 atom stereocenters. The van der Waals surface area contributed by atoms with E-state index < -0.39 is 0 Å². The van der Waals surface area contributed by atoms with Crippen LogP contribution in [0.2, 0.25) is 0 Å². The molecule has 7 heteroatoms. The second-order valence-corrected chi connectivity index (χ2v) is 6.07. The minimum absolute atomic E-state index is 0.226. The van der Waals surface area contributed by atoms with Gasteiger partial charge >= 0.3 is 0 Å². The lowest BCUT2D eigenvalue weighted by Crippen LogP contribution is -2.11. The van der Waals surface area contributed by atoms with Crippen molar-refractivity contribution in [1.82, 2.24) is 9.97 Å². The fourth-order valence-electron chi connectivity index (χ4n) is 3.04. The number of aromatic amines is 1. The molecule has 1 aromatic heterocycles. The predicted octanol–water partition coefficient (Wildman–Crippen LogP) is 3.54. The second kappa shape index (κ2) is 7.40. The van der Waals surface area contributed by atoms with Crippen LogP contribution in [0.1, 0.15) is 5.56 Å². The van der Waals surface area contributed by atoms with Gasteiger partial charge in [-0.2, -0.15) is 5.10 Å². The van der Waals surface area contributed by atoms with E-state index in [-0.39, 0.29) is 11.5 Å². The van der Waals surface area contributed by atoms with Crippen LogP contribution >= 0.6 is 0 Å². The molecule has 0 aliphatic heterocycles. The van der Waals surface area contributed by atoms with Gasteiger partial charge in [0.1, 0.15) is 11.5 Å². The van der Waals surface area contributed by atoms with E-state index >= 15 is 0 Å². The zero-order valence-electron chi connectivity index (χ0n) is 15.4. The van der Waals surface area contributed by atoms with E-state index in [1.165, 1.54) is 0 Å². The van der Waals surface area contributed by atoms with Crippen molar-refractivity contribution in [2.45, 2.75) is 0 Å². The largest absolute Gasteiger partial charge is 0.497 e. The number of hydrogen-bond donors (Lipinski definition) is 2. The third-order valence-electron chi connectivity index (χ3n) is 4.43. The third-order valence-corrected chi connectivity index (χ3v) is 4.43. The van der Waals surface area contributed by atoms with Crippen molar-refractivity contribution in [2.24, 2.45) is 5.10 Å². The standard InChI is InChI=1S/C21H18N4O3/c1-27-14-9-7-13-8-10-19(28-2)17(16(13)11-14)12-22-25-21-23-18-6-4-3-5-15(18)20(26)24-21/h3-12H,1-2H3,(H2,23,24,25,26)/b22-12+. The van der Waals surface area contributed by atoms with Crippen LogP contribution in [-0.2, 0) is 0 Å².